The molecule has 2 amide bonds. The molecule has 2 heterocycles. The first kappa shape index (κ1) is 17.4. The Morgan fingerprint density at radius 3 is 2.80 bits per heavy atom. The van der Waals surface area contributed by atoms with Crippen LogP contribution in [0.25, 0.3) is 0 Å². The van der Waals surface area contributed by atoms with Crippen LogP contribution in [0.4, 0.5) is 9.18 Å². The fourth-order valence-electron chi connectivity index (χ4n) is 2.98. The lowest BCUT2D eigenvalue weighted by Gasteiger charge is -2.27. The number of carbonyl (C=O) groups is 1. The number of ether oxygens (including phenoxy) is 1. The molecule has 1 aromatic heterocycles. The van der Waals surface area contributed by atoms with E-state index in [4.69, 9.17) is 9.26 Å². The van der Waals surface area contributed by atoms with Crippen molar-refractivity contribution in [2.45, 2.75) is 38.5 Å². The summed E-state index contributed by atoms with van der Waals surface area (Å²) in [4.78, 5) is 14.1. The highest BCUT2D eigenvalue weighted by atomic mass is 19.1. The van der Waals surface area contributed by atoms with Crippen LogP contribution in [0.15, 0.2) is 34.9 Å². The second-order valence-electron chi connectivity index (χ2n) is 6.32. The molecule has 1 aliphatic heterocycles. The number of nitrogens with one attached hydrogen (secondary N) is 1. The van der Waals surface area contributed by atoms with E-state index in [2.05, 4.69) is 10.5 Å². The van der Waals surface area contributed by atoms with E-state index in [1.807, 2.05) is 0 Å². The highest BCUT2D eigenvalue weighted by Crippen LogP contribution is 2.27. The Bertz CT molecular complexity index is 711. The van der Waals surface area contributed by atoms with Gasteiger partial charge in [0, 0.05) is 19.7 Å². The van der Waals surface area contributed by atoms with E-state index in [0.717, 1.165) is 18.4 Å². The predicted molar refractivity (Wildman–Crippen MR) is 89.4 cm³/mol. The molecule has 1 fully saturated rings. The third-order valence-electron chi connectivity index (χ3n) is 4.27. The Labute approximate surface area is 145 Å². The molecule has 1 aromatic carbocycles. The van der Waals surface area contributed by atoms with Crippen LogP contribution < -0.4 is 5.32 Å². The van der Waals surface area contributed by atoms with Crippen molar-refractivity contribution in [3.8, 4) is 0 Å². The van der Waals surface area contributed by atoms with Gasteiger partial charge in [-0.05, 0) is 37.5 Å². The molecule has 0 bridgehead atoms. The van der Waals surface area contributed by atoms with Crippen molar-refractivity contribution in [1.82, 2.24) is 15.4 Å². The normalized spacial score (nSPS) is 18.1. The first-order chi connectivity index (χ1) is 12.0. The second kappa shape index (κ2) is 7.65. The maximum atomic E-state index is 13.2. The second-order valence-corrected chi connectivity index (χ2v) is 6.32. The molecule has 0 unspecified atom stereocenters. The molecule has 0 radical (unpaired) electrons. The van der Waals surface area contributed by atoms with Crippen molar-refractivity contribution in [2.24, 2.45) is 0 Å². The molecule has 2 atom stereocenters. The first-order valence-electron chi connectivity index (χ1n) is 8.34. The number of urea groups is 1. The molecule has 0 spiro atoms. The van der Waals surface area contributed by atoms with Gasteiger partial charge in [0.2, 0.25) is 0 Å². The van der Waals surface area contributed by atoms with Gasteiger partial charge < -0.3 is 19.5 Å². The van der Waals surface area contributed by atoms with Crippen molar-refractivity contribution in [3.05, 3.63) is 53.2 Å². The van der Waals surface area contributed by atoms with E-state index in [-0.39, 0.29) is 24.0 Å². The maximum Gasteiger partial charge on any atom is 0.318 e. The molecule has 1 saturated heterocycles. The van der Waals surface area contributed by atoms with Crippen LogP contribution in [0.3, 0.4) is 0 Å². The molecule has 25 heavy (non-hydrogen) atoms. The van der Waals surface area contributed by atoms with Gasteiger partial charge >= 0.3 is 6.03 Å². The maximum absolute atomic E-state index is 13.2. The van der Waals surface area contributed by atoms with Gasteiger partial charge in [-0.3, -0.25) is 0 Å². The van der Waals surface area contributed by atoms with Gasteiger partial charge in [0.15, 0.2) is 0 Å². The number of benzene rings is 1. The summed E-state index contributed by atoms with van der Waals surface area (Å²) in [5, 5.41) is 6.90. The summed E-state index contributed by atoms with van der Waals surface area (Å²) >= 11 is 0. The zero-order valence-corrected chi connectivity index (χ0v) is 14.4. The number of hydrogen-bond acceptors (Lipinski definition) is 4. The first-order valence-corrected chi connectivity index (χ1v) is 8.34. The van der Waals surface area contributed by atoms with Gasteiger partial charge in [-0.15, -0.1) is 0 Å². The minimum Gasteiger partial charge on any atom is -0.376 e. The monoisotopic (exact) mass is 347 g/mol. The Morgan fingerprint density at radius 2 is 2.20 bits per heavy atom. The van der Waals surface area contributed by atoms with E-state index in [1.54, 1.807) is 32.2 Å². The SMILES string of the molecule is Cc1cc(CN(C)C(=O)N[C@H](c2ccc(F)cc2)[C@H]2CCCO2)no1. The Hall–Kier alpha value is -2.41. The van der Waals surface area contributed by atoms with Gasteiger partial charge in [-0.25, -0.2) is 9.18 Å². The summed E-state index contributed by atoms with van der Waals surface area (Å²) in [5.41, 5.74) is 1.51. The molecule has 1 N–H and O–H groups in total. The molecule has 134 valence electrons. The van der Waals surface area contributed by atoms with Crippen LogP contribution in [-0.4, -0.2) is 35.8 Å². The van der Waals surface area contributed by atoms with E-state index in [0.29, 0.717) is 24.6 Å². The molecule has 1 aliphatic rings. The fourth-order valence-corrected chi connectivity index (χ4v) is 2.98. The lowest BCUT2D eigenvalue weighted by atomic mass is 9.99. The standard InChI is InChI=1S/C18H22FN3O3/c1-12-10-15(21-25-12)11-22(2)18(23)20-17(16-4-3-9-24-16)13-5-7-14(19)8-6-13/h5-8,10,16-17H,3-4,9,11H2,1-2H3,(H,20,23)/t16-,17-/m1/s1. The number of aryl methyl sites for hydroxylation is 1. The van der Waals surface area contributed by atoms with Crippen LogP contribution in [0.1, 0.15) is 35.9 Å². The van der Waals surface area contributed by atoms with Gasteiger partial charge in [-0.1, -0.05) is 17.3 Å². The summed E-state index contributed by atoms with van der Waals surface area (Å²) in [7, 11) is 1.69. The Balaban J connectivity index is 1.70. The topological polar surface area (TPSA) is 67.6 Å². The zero-order valence-electron chi connectivity index (χ0n) is 14.4. The number of halogens is 1. The summed E-state index contributed by atoms with van der Waals surface area (Å²) in [5.74, 6) is 0.395. The molecule has 0 aliphatic carbocycles. The largest absolute Gasteiger partial charge is 0.376 e. The third-order valence-corrected chi connectivity index (χ3v) is 4.27. The fraction of sp³-hybridized carbons (Fsp3) is 0.444. The molecule has 0 saturated carbocycles. The summed E-state index contributed by atoms with van der Waals surface area (Å²) in [6, 6.07) is 7.38. The molecular weight excluding hydrogens is 325 g/mol. The average Bonchev–Trinajstić information content (AvgIpc) is 3.25. The molecule has 2 aromatic rings. The van der Waals surface area contributed by atoms with Crippen molar-refractivity contribution in [2.75, 3.05) is 13.7 Å². The molecule has 7 heteroatoms. The lowest BCUT2D eigenvalue weighted by molar-refractivity contribution is 0.0784. The van der Waals surface area contributed by atoms with E-state index in [1.165, 1.54) is 17.0 Å². The average molecular weight is 347 g/mol. The lowest BCUT2D eigenvalue weighted by Crippen LogP contribution is -2.42. The quantitative estimate of drug-likeness (QED) is 0.902. The number of carbonyl (C=O) groups excluding carboxylic acids is 1. The van der Waals surface area contributed by atoms with Crippen molar-refractivity contribution in [3.63, 3.8) is 0 Å². The summed E-state index contributed by atoms with van der Waals surface area (Å²) in [6.07, 6.45) is 1.69. The van der Waals surface area contributed by atoms with Gasteiger partial charge in [-0.2, -0.15) is 0 Å². The Kier molecular flexibility index (Phi) is 5.33. The van der Waals surface area contributed by atoms with Crippen LogP contribution in [0, 0.1) is 12.7 Å². The highest BCUT2D eigenvalue weighted by molar-refractivity contribution is 5.74. The number of hydrogen-bond donors (Lipinski definition) is 1. The van der Waals surface area contributed by atoms with E-state index in [9.17, 15) is 9.18 Å². The minimum absolute atomic E-state index is 0.114. The number of amides is 2. The number of aromatic nitrogens is 1. The summed E-state index contributed by atoms with van der Waals surface area (Å²) in [6.45, 7) is 2.82. The van der Waals surface area contributed by atoms with Crippen molar-refractivity contribution < 1.29 is 18.4 Å². The predicted octanol–water partition coefficient (Wildman–Crippen LogP) is 3.18. The molecule has 6 nitrogen and oxygen atoms in total. The van der Waals surface area contributed by atoms with Crippen molar-refractivity contribution >= 4 is 6.03 Å². The van der Waals surface area contributed by atoms with Gasteiger partial charge in [0.25, 0.3) is 0 Å². The zero-order chi connectivity index (χ0) is 17.8. The van der Waals surface area contributed by atoms with Crippen LogP contribution in [0.2, 0.25) is 0 Å². The van der Waals surface area contributed by atoms with E-state index < -0.39 is 0 Å². The minimum atomic E-state index is -0.322. The van der Waals surface area contributed by atoms with Crippen LogP contribution >= 0.6 is 0 Å². The Morgan fingerprint density at radius 1 is 1.44 bits per heavy atom. The van der Waals surface area contributed by atoms with Crippen molar-refractivity contribution in [1.29, 1.82) is 0 Å². The van der Waals surface area contributed by atoms with Gasteiger partial charge in [0.05, 0.1) is 18.7 Å². The third kappa shape index (κ3) is 4.36. The highest BCUT2D eigenvalue weighted by Gasteiger charge is 2.29. The van der Waals surface area contributed by atoms with Gasteiger partial charge in [0.1, 0.15) is 17.3 Å². The number of nitrogens with zero attached hydrogens (tertiary/aromatic N) is 2. The number of rotatable bonds is 5. The smallest absolute Gasteiger partial charge is 0.318 e. The summed E-state index contributed by atoms with van der Waals surface area (Å²) < 4.78 is 24.0. The van der Waals surface area contributed by atoms with Crippen LogP contribution in [-0.2, 0) is 11.3 Å². The molecular formula is C18H22FN3O3. The van der Waals surface area contributed by atoms with E-state index >= 15 is 0 Å². The van der Waals surface area contributed by atoms with Crippen LogP contribution in [0.5, 0.6) is 0 Å². The molecule has 3 rings (SSSR count).